The summed E-state index contributed by atoms with van der Waals surface area (Å²) in [4.78, 5) is 1.18. The molecule has 230 valence electrons. The van der Waals surface area contributed by atoms with E-state index in [0.29, 0.717) is 19.8 Å². The van der Waals surface area contributed by atoms with Crippen LogP contribution in [0.15, 0.2) is 114 Å². The molecule has 0 saturated carbocycles. The van der Waals surface area contributed by atoms with Gasteiger partial charge in [-0.05, 0) is 40.7 Å². The van der Waals surface area contributed by atoms with E-state index in [9.17, 15) is 0 Å². The van der Waals surface area contributed by atoms with Gasteiger partial charge >= 0.3 is 0 Å². The van der Waals surface area contributed by atoms with E-state index in [-0.39, 0.29) is 23.1 Å². The SMILES string of the molecule is Cc1ccc(C(C)(C)C)cc1S[C@@H]1OC2COC(c3ccccc3)O[C@H]2C(OCc2ccccc2)C1OCc1ccccc1. The van der Waals surface area contributed by atoms with Gasteiger partial charge in [-0.1, -0.05) is 136 Å². The van der Waals surface area contributed by atoms with E-state index in [1.165, 1.54) is 16.0 Å². The average Bonchev–Trinajstić information content (AvgIpc) is 3.04. The molecule has 2 heterocycles. The van der Waals surface area contributed by atoms with Crippen LogP contribution in [0.5, 0.6) is 0 Å². The van der Waals surface area contributed by atoms with Crippen LogP contribution in [0.1, 0.15) is 54.9 Å². The van der Waals surface area contributed by atoms with Crippen molar-refractivity contribution < 1.29 is 23.7 Å². The third-order valence-electron chi connectivity index (χ3n) is 8.22. The minimum atomic E-state index is -0.506. The van der Waals surface area contributed by atoms with Crippen LogP contribution in [-0.2, 0) is 42.3 Å². The Kier molecular flexibility index (Phi) is 9.86. The zero-order valence-electron chi connectivity index (χ0n) is 25.9. The number of ether oxygens (including phenoxy) is 5. The molecule has 6 atom stereocenters. The lowest BCUT2D eigenvalue weighted by molar-refractivity contribution is -0.329. The highest BCUT2D eigenvalue weighted by Crippen LogP contribution is 2.43. The lowest BCUT2D eigenvalue weighted by Crippen LogP contribution is -2.62. The monoisotopic (exact) mass is 610 g/mol. The number of hydrogen-bond acceptors (Lipinski definition) is 6. The minimum absolute atomic E-state index is 0.0313. The van der Waals surface area contributed by atoms with Crippen LogP contribution in [0.25, 0.3) is 0 Å². The van der Waals surface area contributed by atoms with Gasteiger partial charge < -0.3 is 23.7 Å². The molecule has 0 aromatic heterocycles. The van der Waals surface area contributed by atoms with E-state index in [1.54, 1.807) is 11.8 Å². The summed E-state index contributed by atoms with van der Waals surface area (Å²) < 4.78 is 33.4. The summed E-state index contributed by atoms with van der Waals surface area (Å²) >= 11 is 1.70. The first-order valence-corrected chi connectivity index (χ1v) is 16.3. The van der Waals surface area contributed by atoms with Gasteiger partial charge in [-0.15, -0.1) is 0 Å². The van der Waals surface area contributed by atoms with Crippen LogP contribution >= 0.6 is 11.8 Å². The molecule has 0 bridgehead atoms. The highest BCUT2D eigenvalue weighted by atomic mass is 32.2. The Hall–Kier alpha value is -2.97. The molecule has 2 aliphatic rings. The number of fused-ring (bicyclic) bond motifs is 1. The summed E-state index contributed by atoms with van der Waals surface area (Å²) in [6, 6.07) is 37.3. The second kappa shape index (κ2) is 14.0. The van der Waals surface area contributed by atoms with Crippen molar-refractivity contribution in [3.05, 3.63) is 137 Å². The summed E-state index contributed by atoms with van der Waals surface area (Å²) in [7, 11) is 0. The molecule has 4 aromatic rings. The molecule has 6 heteroatoms. The quantitative estimate of drug-likeness (QED) is 0.190. The molecule has 5 nitrogen and oxygen atoms in total. The van der Waals surface area contributed by atoms with Crippen LogP contribution < -0.4 is 0 Å². The van der Waals surface area contributed by atoms with Gasteiger partial charge in [0.2, 0.25) is 0 Å². The highest BCUT2D eigenvalue weighted by molar-refractivity contribution is 7.99. The molecular weight excluding hydrogens is 568 g/mol. The average molecular weight is 611 g/mol. The second-order valence-electron chi connectivity index (χ2n) is 12.6. The van der Waals surface area contributed by atoms with Gasteiger partial charge in [0.15, 0.2) is 6.29 Å². The topological polar surface area (TPSA) is 46.2 Å². The van der Waals surface area contributed by atoms with E-state index < -0.39 is 18.5 Å². The predicted molar refractivity (Wildman–Crippen MR) is 174 cm³/mol. The van der Waals surface area contributed by atoms with Gasteiger partial charge in [0.1, 0.15) is 29.9 Å². The fraction of sp³-hybridized carbons (Fsp3) is 0.368. The molecule has 2 saturated heterocycles. The molecule has 4 unspecified atom stereocenters. The van der Waals surface area contributed by atoms with Gasteiger partial charge in [0, 0.05) is 10.5 Å². The Balaban J connectivity index is 1.34. The van der Waals surface area contributed by atoms with Crippen molar-refractivity contribution in [2.75, 3.05) is 6.61 Å². The van der Waals surface area contributed by atoms with Crippen molar-refractivity contribution in [2.45, 2.75) is 87.4 Å². The van der Waals surface area contributed by atoms with Gasteiger partial charge in [0.25, 0.3) is 0 Å². The Bertz CT molecular complexity index is 1470. The van der Waals surface area contributed by atoms with Gasteiger partial charge in [0.05, 0.1) is 19.8 Å². The van der Waals surface area contributed by atoms with Crippen LogP contribution in [0.2, 0.25) is 0 Å². The van der Waals surface area contributed by atoms with E-state index >= 15 is 0 Å². The first kappa shape index (κ1) is 31.0. The molecule has 0 amide bonds. The van der Waals surface area contributed by atoms with E-state index in [4.69, 9.17) is 23.7 Å². The molecule has 6 rings (SSSR count). The van der Waals surface area contributed by atoms with Gasteiger partial charge in [-0.3, -0.25) is 0 Å². The maximum Gasteiger partial charge on any atom is 0.184 e. The van der Waals surface area contributed by atoms with Crippen LogP contribution in [0.4, 0.5) is 0 Å². The van der Waals surface area contributed by atoms with Gasteiger partial charge in [-0.2, -0.15) is 0 Å². The molecule has 0 aliphatic carbocycles. The largest absolute Gasteiger partial charge is 0.368 e. The van der Waals surface area contributed by atoms with Gasteiger partial charge in [-0.25, -0.2) is 0 Å². The third kappa shape index (κ3) is 7.45. The standard InChI is InChI=1S/C38H42O5S/c1-26-20-21-30(38(2,3)4)22-32(26)44-37-35(40-24-28-16-10-6-11-17-28)34(39-23-27-14-8-5-9-15-27)33-31(42-37)25-41-36(43-33)29-18-12-7-13-19-29/h5-22,31,33-37H,23-25H2,1-4H3/t31?,33-,34?,35?,36?,37+/m1/s1. The van der Waals surface area contributed by atoms with Crippen molar-refractivity contribution in [1.29, 1.82) is 0 Å². The second-order valence-corrected chi connectivity index (χ2v) is 13.7. The van der Waals surface area contributed by atoms with Crippen LogP contribution in [-0.4, -0.2) is 36.5 Å². The third-order valence-corrected chi connectivity index (χ3v) is 9.53. The molecule has 0 radical (unpaired) electrons. The number of rotatable bonds is 9. The van der Waals surface area contributed by atoms with Crippen molar-refractivity contribution in [3.8, 4) is 0 Å². The number of benzene rings is 4. The molecule has 4 aromatic carbocycles. The number of aryl methyl sites for hydroxylation is 1. The first-order chi connectivity index (χ1) is 21.3. The molecule has 44 heavy (non-hydrogen) atoms. The zero-order valence-corrected chi connectivity index (χ0v) is 26.7. The Morgan fingerprint density at radius 2 is 1.32 bits per heavy atom. The normalized spacial score (nSPS) is 25.4. The highest BCUT2D eigenvalue weighted by Gasteiger charge is 2.51. The first-order valence-electron chi connectivity index (χ1n) is 15.4. The lowest BCUT2D eigenvalue weighted by atomic mass is 9.87. The Morgan fingerprint density at radius 3 is 1.93 bits per heavy atom. The van der Waals surface area contributed by atoms with E-state index in [2.05, 4.69) is 70.2 Å². The summed E-state index contributed by atoms with van der Waals surface area (Å²) in [6.07, 6.45) is -1.99. The van der Waals surface area contributed by atoms with Crippen molar-refractivity contribution in [2.24, 2.45) is 0 Å². The van der Waals surface area contributed by atoms with Crippen LogP contribution in [0, 0.1) is 6.92 Å². The van der Waals surface area contributed by atoms with Crippen molar-refractivity contribution >= 4 is 11.8 Å². The molecule has 0 N–H and O–H groups in total. The maximum absolute atomic E-state index is 6.85. The molecular formula is C38H42O5S. The summed E-state index contributed by atoms with van der Waals surface area (Å²) in [5, 5.41) is 0. The summed E-state index contributed by atoms with van der Waals surface area (Å²) in [5.74, 6) is 0. The zero-order chi connectivity index (χ0) is 30.5. The van der Waals surface area contributed by atoms with Crippen molar-refractivity contribution in [3.63, 3.8) is 0 Å². The minimum Gasteiger partial charge on any atom is -0.368 e. The predicted octanol–water partition coefficient (Wildman–Crippen LogP) is 8.39. The van der Waals surface area contributed by atoms with Crippen LogP contribution in [0.3, 0.4) is 0 Å². The summed E-state index contributed by atoms with van der Waals surface area (Å²) in [6.45, 7) is 10.2. The lowest BCUT2D eigenvalue weighted by Gasteiger charge is -2.49. The maximum atomic E-state index is 6.85. The number of thioether (sulfide) groups is 1. The Morgan fingerprint density at radius 1 is 0.727 bits per heavy atom. The molecule has 0 spiro atoms. The number of hydrogen-bond donors (Lipinski definition) is 0. The summed E-state index contributed by atoms with van der Waals surface area (Å²) in [5.41, 5.74) is 5.35. The van der Waals surface area contributed by atoms with Crippen molar-refractivity contribution in [1.82, 2.24) is 0 Å². The molecule has 2 aliphatic heterocycles. The fourth-order valence-corrected chi connectivity index (χ4v) is 6.90. The van der Waals surface area contributed by atoms with E-state index in [0.717, 1.165) is 16.7 Å². The molecule has 2 fully saturated rings. The fourth-order valence-electron chi connectivity index (χ4n) is 5.64. The smallest absolute Gasteiger partial charge is 0.184 e. The Labute approximate surface area is 265 Å². The van der Waals surface area contributed by atoms with E-state index in [1.807, 2.05) is 66.7 Å².